The molecule has 0 atom stereocenters. The fraction of sp³-hybridized carbons (Fsp3) is 0.227. The molecule has 0 spiro atoms. The Labute approximate surface area is 163 Å². The summed E-state index contributed by atoms with van der Waals surface area (Å²) in [6.45, 7) is 4.12. The van der Waals surface area contributed by atoms with Gasteiger partial charge in [0.15, 0.2) is 5.70 Å². The molecule has 0 unspecified atom stereocenters. The van der Waals surface area contributed by atoms with Gasteiger partial charge in [0, 0.05) is 12.5 Å². The standard InChI is InChI=1S/C22H21NO5/c1-3-4-13-26-18-11-7-17(8-12-18)21-23-20(22(25)28-21)14-16-5-9-19(10-6-16)27-15(2)24/h5-12,14H,3-4,13H2,1-2H3/b20-14-. The minimum atomic E-state index is -0.512. The Morgan fingerprint density at radius 1 is 1.07 bits per heavy atom. The number of hydrogen-bond acceptors (Lipinski definition) is 6. The molecule has 0 aliphatic carbocycles. The van der Waals surface area contributed by atoms with Crippen LogP contribution in [-0.2, 0) is 14.3 Å². The molecule has 1 aliphatic rings. The van der Waals surface area contributed by atoms with E-state index in [-0.39, 0.29) is 17.6 Å². The molecule has 144 valence electrons. The van der Waals surface area contributed by atoms with Crippen molar-refractivity contribution in [3.05, 3.63) is 65.4 Å². The van der Waals surface area contributed by atoms with Gasteiger partial charge in [0.2, 0.25) is 5.90 Å². The third-order valence-electron chi connectivity index (χ3n) is 3.93. The van der Waals surface area contributed by atoms with Crippen LogP contribution in [0.5, 0.6) is 11.5 Å². The van der Waals surface area contributed by atoms with Crippen LogP contribution in [-0.4, -0.2) is 24.4 Å². The fourth-order valence-electron chi connectivity index (χ4n) is 2.52. The first-order valence-electron chi connectivity index (χ1n) is 9.09. The van der Waals surface area contributed by atoms with Crippen LogP contribution in [0.1, 0.15) is 37.8 Å². The Balaban J connectivity index is 1.71. The van der Waals surface area contributed by atoms with Gasteiger partial charge >= 0.3 is 11.9 Å². The third-order valence-corrected chi connectivity index (χ3v) is 3.93. The number of hydrogen-bond donors (Lipinski definition) is 0. The summed E-state index contributed by atoms with van der Waals surface area (Å²) in [5, 5.41) is 0. The number of rotatable bonds is 7. The number of carbonyl (C=O) groups excluding carboxylic acids is 2. The molecule has 0 saturated heterocycles. The lowest BCUT2D eigenvalue weighted by Gasteiger charge is -2.05. The fourth-order valence-corrected chi connectivity index (χ4v) is 2.52. The largest absolute Gasteiger partial charge is 0.494 e. The van der Waals surface area contributed by atoms with Crippen LogP contribution in [0.15, 0.2) is 59.2 Å². The summed E-state index contributed by atoms with van der Waals surface area (Å²) in [7, 11) is 0. The van der Waals surface area contributed by atoms with Crippen molar-refractivity contribution in [2.24, 2.45) is 4.99 Å². The summed E-state index contributed by atoms with van der Waals surface area (Å²) in [6, 6.07) is 14.0. The van der Waals surface area contributed by atoms with E-state index in [0.717, 1.165) is 24.2 Å². The molecule has 0 fully saturated rings. The lowest BCUT2D eigenvalue weighted by molar-refractivity contribution is -0.132. The van der Waals surface area contributed by atoms with Crippen LogP contribution in [0.4, 0.5) is 0 Å². The van der Waals surface area contributed by atoms with Crippen LogP contribution < -0.4 is 9.47 Å². The maximum Gasteiger partial charge on any atom is 0.363 e. The van der Waals surface area contributed by atoms with Crippen LogP contribution in [0.3, 0.4) is 0 Å². The lowest BCUT2D eigenvalue weighted by Crippen LogP contribution is -2.05. The van der Waals surface area contributed by atoms with E-state index in [9.17, 15) is 9.59 Å². The van der Waals surface area contributed by atoms with Crippen LogP contribution in [0, 0.1) is 0 Å². The van der Waals surface area contributed by atoms with Gasteiger partial charge in [-0.05, 0) is 54.5 Å². The number of carbonyl (C=O) groups is 2. The summed E-state index contributed by atoms with van der Waals surface area (Å²) in [5.74, 6) is 0.566. The van der Waals surface area contributed by atoms with E-state index in [4.69, 9.17) is 14.2 Å². The van der Waals surface area contributed by atoms with Crippen molar-refractivity contribution in [2.45, 2.75) is 26.7 Å². The molecule has 0 aromatic heterocycles. The van der Waals surface area contributed by atoms with Crippen molar-refractivity contribution in [1.29, 1.82) is 0 Å². The number of nitrogens with zero attached hydrogens (tertiary/aromatic N) is 1. The van der Waals surface area contributed by atoms with E-state index in [1.165, 1.54) is 6.92 Å². The summed E-state index contributed by atoms with van der Waals surface area (Å²) >= 11 is 0. The molecule has 28 heavy (non-hydrogen) atoms. The molecule has 1 heterocycles. The van der Waals surface area contributed by atoms with Gasteiger partial charge < -0.3 is 14.2 Å². The van der Waals surface area contributed by atoms with E-state index in [0.29, 0.717) is 17.9 Å². The smallest absolute Gasteiger partial charge is 0.363 e. The Kier molecular flexibility index (Phi) is 6.22. The molecule has 6 nitrogen and oxygen atoms in total. The first-order valence-corrected chi connectivity index (χ1v) is 9.09. The third kappa shape index (κ3) is 5.07. The molecule has 0 radical (unpaired) electrons. The van der Waals surface area contributed by atoms with Gasteiger partial charge in [-0.3, -0.25) is 4.79 Å². The second-order valence-corrected chi connectivity index (χ2v) is 6.23. The van der Waals surface area contributed by atoms with E-state index in [2.05, 4.69) is 11.9 Å². The Bertz CT molecular complexity index is 911. The van der Waals surface area contributed by atoms with Crippen molar-refractivity contribution in [3.8, 4) is 11.5 Å². The molecule has 3 rings (SSSR count). The normalized spacial score (nSPS) is 14.6. The highest BCUT2D eigenvalue weighted by Gasteiger charge is 2.24. The zero-order valence-corrected chi connectivity index (χ0v) is 15.8. The predicted octanol–water partition coefficient (Wildman–Crippen LogP) is 4.14. The highest BCUT2D eigenvalue weighted by molar-refractivity contribution is 6.12. The highest BCUT2D eigenvalue weighted by Crippen LogP contribution is 2.22. The summed E-state index contributed by atoms with van der Waals surface area (Å²) in [4.78, 5) is 27.4. The van der Waals surface area contributed by atoms with Crippen LogP contribution in [0.2, 0.25) is 0 Å². The van der Waals surface area contributed by atoms with E-state index >= 15 is 0 Å². The van der Waals surface area contributed by atoms with Gasteiger partial charge in [-0.25, -0.2) is 9.79 Å². The zero-order valence-electron chi connectivity index (χ0n) is 15.8. The molecule has 0 bridgehead atoms. The molecule has 0 N–H and O–H groups in total. The quantitative estimate of drug-likeness (QED) is 0.313. The molecule has 0 saturated carbocycles. The maximum atomic E-state index is 12.1. The minimum Gasteiger partial charge on any atom is -0.494 e. The first-order chi connectivity index (χ1) is 13.5. The summed E-state index contributed by atoms with van der Waals surface area (Å²) in [5.41, 5.74) is 1.65. The number of esters is 2. The van der Waals surface area contributed by atoms with Gasteiger partial charge in [0.1, 0.15) is 11.5 Å². The first kappa shape index (κ1) is 19.4. The van der Waals surface area contributed by atoms with Crippen LogP contribution in [0.25, 0.3) is 6.08 Å². The van der Waals surface area contributed by atoms with Crippen molar-refractivity contribution < 1.29 is 23.8 Å². The number of aliphatic imine (C=N–C) groups is 1. The summed E-state index contributed by atoms with van der Waals surface area (Å²) < 4.78 is 15.9. The van der Waals surface area contributed by atoms with Gasteiger partial charge in [0.25, 0.3) is 0 Å². The van der Waals surface area contributed by atoms with Gasteiger partial charge in [-0.1, -0.05) is 25.5 Å². The van der Waals surface area contributed by atoms with E-state index in [1.807, 2.05) is 24.3 Å². The van der Waals surface area contributed by atoms with E-state index in [1.54, 1.807) is 30.3 Å². The Morgan fingerprint density at radius 3 is 2.39 bits per heavy atom. The number of benzene rings is 2. The van der Waals surface area contributed by atoms with Crippen molar-refractivity contribution in [3.63, 3.8) is 0 Å². The zero-order chi connectivity index (χ0) is 19.9. The lowest BCUT2D eigenvalue weighted by atomic mass is 10.2. The minimum absolute atomic E-state index is 0.207. The van der Waals surface area contributed by atoms with Gasteiger partial charge in [-0.2, -0.15) is 0 Å². The molecule has 2 aromatic carbocycles. The highest BCUT2D eigenvalue weighted by atomic mass is 16.6. The number of unbranched alkanes of at least 4 members (excludes halogenated alkanes) is 1. The second kappa shape index (κ2) is 8.99. The van der Waals surface area contributed by atoms with Crippen LogP contribution >= 0.6 is 0 Å². The summed E-state index contributed by atoms with van der Waals surface area (Å²) in [6.07, 6.45) is 3.70. The van der Waals surface area contributed by atoms with Crippen molar-refractivity contribution in [1.82, 2.24) is 0 Å². The topological polar surface area (TPSA) is 74.2 Å². The van der Waals surface area contributed by atoms with Crippen molar-refractivity contribution in [2.75, 3.05) is 6.61 Å². The number of ether oxygens (including phenoxy) is 3. The molecule has 1 aliphatic heterocycles. The predicted molar refractivity (Wildman–Crippen MR) is 105 cm³/mol. The average molecular weight is 379 g/mol. The molecule has 0 amide bonds. The molecule has 6 heteroatoms. The van der Waals surface area contributed by atoms with Gasteiger partial charge in [0.05, 0.1) is 6.61 Å². The molecule has 2 aromatic rings. The maximum absolute atomic E-state index is 12.1. The second-order valence-electron chi connectivity index (χ2n) is 6.23. The Morgan fingerprint density at radius 2 is 1.75 bits per heavy atom. The molecular formula is C22H21NO5. The van der Waals surface area contributed by atoms with E-state index < -0.39 is 5.97 Å². The monoisotopic (exact) mass is 379 g/mol. The van der Waals surface area contributed by atoms with Gasteiger partial charge in [-0.15, -0.1) is 0 Å². The van der Waals surface area contributed by atoms with Crippen molar-refractivity contribution >= 4 is 23.9 Å². The Hall–Kier alpha value is -3.41. The average Bonchev–Trinajstić information content (AvgIpc) is 3.04. The molecular weight excluding hydrogens is 358 g/mol. The SMILES string of the molecule is CCCCOc1ccc(C2=N/C(=C\c3ccc(OC(C)=O)cc3)C(=O)O2)cc1. The number of cyclic esters (lactones) is 1.